The fraction of sp³-hybridized carbons (Fsp3) is 0.160. The molecule has 0 bridgehead atoms. The molecule has 0 saturated carbocycles. The van der Waals surface area contributed by atoms with Crippen molar-refractivity contribution in [1.82, 2.24) is 5.43 Å². The second-order valence-electron chi connectivity index (χ2n) is 7.52. The summed E-state index contributed by atoms with van der Waals surface area (Å²) >= 11 is 6.04. The lowest BCUT2D eigenvalue weighted by Gasteiger charge is -2.25. The van der Waals surface area contributed by atoms with Crippen LogP contribution in [0.25, 0.3) is 0 Å². The van der Waals surface area contributed by atoms with Crippen molar-refractivity contribution in [2.45, 2.75) is 11.8 Å². The molecule has 10 nitrogen and oxygen atoms in total. The number of amides is 1. The second kappa shape index (κ2) is 12.2. The highest BCUT2D eigenvalue weighted by atomic mass is 35.5. The van der Waals surface area contributed by atoms with Gasteiger partial charge in [0.1, 0.15) is 6.54 Å². The van der Waals surface area contributed by atoms with Gasteiger partial charge in [-0.15, -0.1) is 0 Å². The molecule has 0 unspecified atom stereocenters. The van der Waals surface area contributed by atoms with Gasteiger partial charge in [0.15, 0.2) is 11.5 Å². The minimum absolute atomic E-state index is 0.0296. The third-order valence-electron chi connectivity index (χ3n) is 5.00. The van der Waals surface area contributed by atoms with Crippen LogP contribution in [0.1, 0.15) is 11.1 Å². The van der Waals surface area contributed by atoms with Gasteiger partial charge in [0.05, 0.1) is 31.0 Å². The lowest BCUT2D eigenvalue weighted by atomic mass is 10.2. The molecule has 0 aliphatic heterocycles. The highest BCUT2D eigenvalue weighted by Crippen LogP contribution is 2.29. The highest BCUT2D eigenvalue weighted by molar-refractivity contribution is 7.92. The van der Waals surface area contributed by atoms with Crippen LogP contribution >= 0.6 is 11.6 Å². The zero-order valence-electron chi connectivity index (χ0n) is 20.2. The summed E-state index contributed by atoms with van der Waals surface area (Å²) in [5, 5.41) is 4.34. The van der Waals surface area contributed by atoms with Gasteiger partial charge in [-0.25, -0.2) is 18.6 Å². The molecule has 0 aromatic heterocycles. The molecular formula is C25H24ClN3O7S. The molecule has 0 spiro atoms. The van der Waals surface area contributed by atoms with Crippen LogP contribution in [-0.2, 0) is 19.6 Å². The molecule has 12 heteroatoms. The maximum absolute atomic E-state index is 13.4. The number of nitrogens with zero attached hydrogens (tertiary/aromatic N) is 2. The highest BCUT2D eigenvalue weighted by Gasteiger charge is 2.28. The van der Waals surface area contributed by atoms with Crippen LogP contribution in [0.3, 0.4) is 0 Å². The summed E-state index contributed by atoms with van der Waals surface area (Å²) in [6.45, 7) is 1.16. The van der Waals surface area contributed by atoms with E-state index in [1.807, 2.05) is 0 Å². The number of hydrogen-bond donors (Lipinski definition) is 1. The predicted octanol–water partition coefficient (Wildman–Crippen LogP) is 4.15. The Morgan fingerprint density at radius 3 is 2.41 bits per heavy atom. The molecule has 0 atom stereocenters. The van der Waals surface area contributed by atoms with Gasteiger partial charge in [-0.05, 0) is 66.6 Å². The number of carbonyl (C=O) groups excluding carboxylic acids is 2. The van der Waals surface area contributed by atoms with Gasteiger partial charge in [-0.2, -0.15) is 5.10 Å². The average Bonchev–Trinajstić information content (AvgIpc) is 2.88. The number of hydrogen-bond acceptors (Lipinski definition) is 8. The molecule has 0 aliphatic rings. The van der Waals surface area contributed by atoms with E-state index in [-0.39, 0.29) is 16.4 Å². The van der Waals surface area contributed by atoms with E-state index in [2.05, 4.69) is 15.3 Å². The van der Waals surface area contributed by atoms with E-state index in [1.54, 1.807) is 49.4 Å². The van der Waals surface area contributed by atoms with E-state index >= 15 is 0 Å². The van der Waals surface area contributed by atoms with Crippen molar-refractivity contribution in [3.8, 4) is 11.5 Å². The fourth-order valence-electron chi connectivity index (χ4n) is 3.24. The first-order valence-electron chi connectivity index (χ1n) is 10.8. The largest absolute Gasteiger partial charge is 0.513 e. The van der Waals surface area contributed by atoms with E-state index in [9.17, 15) is 18.0 Å². The predicted molar refractivity (Wildman–Crippen MR) is 139 cm³/mol. The van der Waals surface area contributed by atoms with Crippen molar-refractivity contribution in [3.05, 3.63) is 82.9 Å². The summed E-state index contributed by atoms with van der Waals surface area (Å²) in [7, 11) is -1.51. The topological polar surface area (TPSA) is 124 Å². The zero-order chi connectivity index (χ0) is 27.0. The first kappa shape index (κ1) is 27.5. The van der Waals surface area contributed by atoms with Crippen LogP contribution in [-0.4, -0.2) is 47.5 Å². The zero-order valence-corrected chi connectivity index (χ0v) is 21.7. The van der Waals surface area contributed by atoms with Gasteiger partial charge in [0, 0.05) is 5.02 Å². The molecular weight excluding hydrogens is 522 g/mol. The van der Waals surface area contributed by atoms with Crippen molar-refractivity contribution in [2.24, 2.45) is 5.10 Å². The summed E-state index contributed by atoms with van der Waals surface area (Å²) in [5.74, 6) is -0.308. The monoisotopic (exact) mass is 545 g/mol. The molecule has 0 heterocycles. The molecule has 0 radical (unpaired) electrons. The number of hydrazone groups is 1. The van der Waals surface area contributed by atoms with Crippen LogP contribution in [0.15, 0.2) is 76.7 Å². The fourth-order valence-corrected chi connectivity index (χ4v) is 4.98. The summed E-state index contributed by atoms with van der Waals surface area (Å²) in [4.78, 5) is 24.1. The molecule has 3 aromatic carbocycles. The third-order valence-corrected chi connectivity index (χ3v) is 7.01. The molecule has 3 aromatic rings. The van der Waals surface area contributed by atoms with E-state index in [4.69, 9.17) is 21.1 Å². The number of methoxy groups -OCH3 is 2. The van der Waals surface area contributed by atoms with Crippen LogP contribution in [0, 0.1) is 6.92 Å². The number of benzene rings is 3. The Balaban J connectivity index is 1.80. The van der Waals surface area contributed by atoms with Gasteiger partial charge in [0.2, 0.25) is 0 Å². The standard InChI is InChI=1S/C25H24ClN3O7S/c1-17-13-19(26)10-11-21(17)29(37(32,33)20-7-5-4-6-8-20)16-24(30)28-27-15-18-9-12-22(23(14-18)34-2)36-25(31)35-3/h4-15H,16H2,1-3H3,(H,28,30)/b27-15-. The molecule has 3 rings (SSSR count). The quantitative estimate of drug-likeness (QED) is 0.185. The van der Waals surface area contributed by atoms with Crippen molar-refractivity contribution in [3.63, 3.8) is 0 Å². The Hall–Kier alpha value is -4.09. The maximum atomic E-state index is 13.4. The van der Waals surface area contributed by atoms with Crippen molar-refractivity contribution < 1.29 is 32.2 Å². The minimum atomic E-state index is -4.08. The lowest BCUT2D eigenvalue weighted by Crippen LogP contribution is -2.40. The van der Waals surface area contributed by atoms with Crippen LogP contribution < -0.4 is 19.2 Å². The Labute approximate surface area is 219 Å². The number of halogens is 1. The van der Waals surface area contributed by atoms with E-state index in [0.29, 0.717) is 21.8 Å². The van der Waals surface area contributed by atoms with Crippen LogP contribution in [0.5, 0.6) is 11.5 Å². The van der Waals surface area contributed by atoms with Gasteiger partial charge in [-0.3, -0.25) is 9.10 Å². The second-order valence-corrected chi connectivity index (χ2v) is 9.81. The molecule has 194 valence electrons. The molecule has 0 saturated heterocycles. The summed E-state index contributed by atoms with van der Waals surface area (Å²) in [6.07, 6.45) is 0.421. The van der Waals surface area contributed by atoms with Gasteiger partial charge in [-0.1, -0.05) is 29.8 Å². The number of anilines is 1. The molecule has 1 N–H and O–H groups in total. The third kappa shape index (κ3) is 6.99. The van der Waals surface area contributed by atoms with Crippen molar-refractivity contribution in [1.29, 1.82) is 0 Å². The van der Waals surface area contributed by atoms with E-state index in [1.165, 1.54) is 44.7 Å². The Morgan fingerprint density at radius 2 is 1.76 bits per heavy atom. The van der Waals surface area contributed by atoms with Gasteiger partial charge < -0.3 is 14.2 Å². The van der Waals surface area contributed by atoms with Gasteiger partial charge >= 0.3 is 6.16 Å². The number of nitrogens with one attached hydrogen (secondary N) is 1. The molecule has 37 heavy (non-hydrogen) atoms. The van der Waals surface area contributed by atoms with Gasteiger partial charge in [0.25, 0.3) is 15.9 Å². The summed E-state index contributed by atoms with van der Waals surface area (Å²) in [5.41, 5.74) is 3.72. The summed E-state index contributed by atoms with van der Waals surface area (Å²) in [6, 6.07) is 17.1. The van der Waals surface area contributed by atoms with E-state index < -0.39 is 28.6 Å². The molecule has 0 aliphatic carbocycles. The number of carbonyl (C=O) groups is 2. The summed E-state index contributed by atoms with van der Waals surface area (Å²) < 4.78 is 42.5. The first-order chi connectivity index (χ1) is 17.6. The maximum Gasteiger partial charge on any atom is 0.513 e. The minimum Gasteiger partial charge on any atom is -0.493 e. The number of sulfonamides is 1. The van der Waals surface area contributed by atoms with E-state index in [0.717, 1.165) is 4.31 Å². The SMILES string of the molecule is COC(=O)Oc1ccc(/C=N\NC(=O)CN(c2ccc(Cl)cc2C)S(=O)(=O)c2ccccc2)cc1OC. The average molecular weight is 546 g/mol. The molecule has 0 fully saturated rings. The lowest BCUT2D eigenvalue weighted by molar-refractivity contribution is -0.119. The smallest absolute Gasteiger partial charge is 0.493 e. The number of aryl methyl sites for hydroxylation is 1. The Morgan fingerprint density at radius 1 is 1.03 bits per heavy atom. The van der Waals surface area contributed by atoms with Crippen LogP contribution in [0.2, 0.25) is 5.02 Å². The number of rotatable bonds is 9. The number of ether oxygens (including phenoxy) is 3. The normalized spacial score (nSPS) is 11.1. The Kier molecular flexibility index (Phi) is 9.10. The molecule has 1 amide bonds. The van der Waals surface area contributed by atoms with Crippen molar-refractivity contribution >= 4 is 45.6 Å². The van der Waals surface area contributed by atoms with Crippen LogP contribution in [0.4, 0.5) is 10.5 Å². The van der Waals surface area contributed by atoms with Crippen molar-refractivity contribution in [2.75, 3.05) is 25.1 Å². The first-order valence-corrected chi connectivity index (χ1v) is 12.6. The Bertz CT molecular complexity index is 1410.